The highest BCUT2D eigenvalue weighted by Gasteiger charge is 2.22. The van der Waals surface area contributed by atoms with Gasteiger partial charge in [-0.3, -0.25) is 4.79 Å². The molecule has 5 nitrogen and oxygen atoms in total. The van der Waals surface area contributed by atoms with E-state index in [1.54, 1.807) is 6.92 Å². The molecule has 5 heteroatoms. The summed E-state index contributed by atoms with van der Waals surface area (Å²) in [5, 5.41) is 3.23. The van der Waals surface area contributed by atoms with Gasteiger partial charge in [-0.15, -0.1) is 0 Å². The maximum atomic E-state index is 12.9. The van der Waals surface area contributed by atoms with Crippen LogP contribution in [0.4, 0.5) is 0 Å². The summed E-state index contributed by atoms with van der Waals surface area (Å²) in [6.45, 7) is 4.20. The molecule has 0 bridgehead atoms. The fourth-order valence-electron chi connectivity index (χ4n) is 4.13. The Morgan fingerprint density at radius 3 is 2.38 bits per heavy atom. The van der Waals surface area contributed by atoms with Crippen LogP contribution in [0.5, 0.6) is 0 Å². The van der Waals surface area contributed by atoms with Gasteiger partial charge in [0.2, 0.25) is 5.91 Å². The van der Waals surface area contributed by atoms with E-state index in [2.05, 4.69) is 5.32 Å². The van der Waals surface area contributed by atoms with Gasteiger partial charge >= 0.3 is 5.97 Å². The van der Waals surface area contributed by atoms with Gasteiger partial charge in [-0.2, -0.15) is 0 Å². The van der Waals surface area contributed by atoms with Gasteiger partial charge in [0.05, 0.1) is 12.2 Å². The molecule has 1 saturated carbocycles. The van der Waals surface area contributed by atoms with Crippen molar-refractivity contribution in [2.75, 3.05) is 6.61 Å². The van der Waals surface area contributed by atoms with E-state index < -0.39 is 0 Å². The molecule has 2 aromatic rings. The third-order valence-electron chi connectivity index (χ3n) is 5.70. The van der Waals surface area contributed by atoms with Crippen molar-refractivity contribution in [2.24, 2.45) is 0 Å². The summed E-state index contributed by atoms with van der Waals surface area (Å²) in [5.41, 5.74) is 3.11. The summed E-state index contributed by atoms with van der Waals surface area (Å²) >= 11 is 0. The lowest BCUT2D eigenvalue weighted by Gasteiger charge is -2.22. The zero-order valence-electron chi connectivity index (χ0n) is 17.6. The summed E-state index contributed by atoms with van der Waals surface area (Å²) in [6, 6.07) is 12.0. The van der Waals surface area contributed by atoms with E-state index in [0.717, 1.165) is 29.8 Å². The molecule has 1 aromatic heterocycles. The second-order valence-electron chi connectivity index (χ2n) is 7.81. The van der Waals surface area contributed by atoms with Crippen LogP contribution in [0.25, 0.3) is 11.3 Å². The van der Waals surface area contributed by atoms with Crippen molar-refractivity contribution in [1.29, 1.82) is 0 Å². The fourth-order valence-corrected chi connectivity index (χ4v) is 4.13. The molecule has 1 aliphatic carbocycles. The van der Waals surface area contributed by atoms with Gasteiger partial charge in [-0.25, -0.2) is 4.79 Å². The van der Waals surface area contributed by atoms with Crippen molar-refractivity contribution < 1.29 is 14.3 Å². The van der Waals surface area contributed by atoms with Gasteiger partial charge in [0.15, 0.2) is 0 Å². The molecule has 1 fully saturated rings. The molecule has 0 aliphatic heterocycles. The first-order valence-corrected chi connectivity index (χ1v) is 10.8. The van der Waals surface area contributed by atoms with Crippen LogP contribution in [0.15, 0.2) is 36.4 Å². The van der Waals surface area contributed by atoms with E-state index in [1.165, 1.54) is 32.1 Å². The SMILES string of the molecule is CCOC(=O)c1cc(-c2ccccc2)n(CC(=O)NC2CCCCCCC2)c1C. The number of benzene rings is 1. The molecule has 156 valence electrons. The van der Waals surface area contributed by atoms with Gasteiger partial charge in [0.1, 0.15) is 6.54 Å². The van der Waals surface area contributed by atoms with Gasteiger partial charge < -0.3 is 14.6 Å². The summed E-state index contributed by atoms with van der Waals surface area (Å²) in [5.74, 6) is -0.344. The number of rotatable bonds is 6. The predicted molar refractivity (Wildman–Crippen MR) is 115 cm³/mol. The Morgan fingerprint density at radius 1 is 1.07 bits per heavy atom. The number of ether oxygens (including phenoxy) is 1. The Balaban J connectivity index is 1.82. The number of carbonyl (C=O) groups excluding carboxylic acids is 2. The lowest BCUT2D eigenvalue weighted by molar-refractivity contribution is -0.122. The molecule has 1 aliphatic rings. The molecule has 1 N–H and O–H groups in total. The van der Waals surface area contributed by atoms with Gasteiger partial charge in [-0.1, -0.05) is 62.4 Å². The van der Waals surface area contributed by atoms with E-state index in [-0.39, 0.29) is 24.5 Å². The normalized spacial score (nSPS) is 15.4. The standard InChI is InChI=1S/C24H32N2O3/c1-3-29-24(28)21-16-22(19-12-8-7-9-13-19)26(18(21)2)17-23(27)25-20-14-10-5-4-6-11-15-20/h7-9,12-13,16,20H,3-6,10-11,14-15,17H2,1-2H3,(H,25,27). The summed E-state index contributed by atoms with van der Waals surface area (Å²) in [6.07, 6.45) is 8.27. The quantitative estimate of drug-likeness (QED) is 0.709. The van der Waals surface area contributed by atoms with E-state index >= 15 is 0 Å². The molecule has 1 heterocycles. The van der Waals surface area contributed by atoms with Gasteiger partial charge in [0, 0.05) is 17.4 Å². The van der Waals surface area contributed by atoms with Crippen molar-refractivity contribution in [2.45, 2.75) is 71.4 Å². The number of carbonyl (C=O) groups is 2. The lowest BCUT2D eigenvalue weighted by Crippen LogP contribution is -2.37. The number of esters is 1. The molecule has 1 aromatic carbocycles. The Hall–Kier alpha value is -2.56. The first kappa shape index (κ1) is 21.2. The van der Waals surface area contributed by atoms with Crippen molar-refractivity contribution in [1.82, 2.24) is 9.88 Å². The molecule has 0 radical (unpaired) electrons. The summed E-state index contributed by atoms with van der Waals surface area (Å²) in [7, 11) is 0. The average Bonchev–Trinajstić information content (AvgIpc) is 3.01. The summed E-state index contributed by atoms with van der Waals surface area (Å²) in [4.78, 5) is 25.3. The number of hydrogen-bond donors (Lipinski definition) is 1. The van der Waals surface area contributed by atoms with Gasteiger partial charge in [0.25, 0.3) is 0 Å². The van der Waals surface area contributed by atoms with Crippen LogP contribution in [0.3, 0.4) is 0 Å². The van der Waals surface area contributed by atoms with Crippen molar-refractivity contribution in [3.8, 4) is 11.3 Å². The van der Waals surface area contributed by atoms with E-state index in [0.29, 0.717) is 12.2 Å². The van der Waals surface area contributed by atoms with Crippen LogP contribution >= 0.6 is 0 Å². The highest BCUT2D eigenvalue weighted by molar-refractivity contribution is 5.93. The minimum absolute atomic E-state index is 0.00173. The first-order valence-electron chi connectivity index (χ1n) is 10.8. The van der Waals surface area contributed by atoms with Crippen LogP contribution in [-0.2, 0) is 16.1 Å². The maximum Gasteiger partial charge on any atom is 0.339 e. The number of nitrogens with zero attached hydrogens (tertiary/aromatic N) is 1. The van der Waals surface area contributed by atoms with Crippen LogP contribution in [0.1, 0.15) is 67.9 Å². The Kier molecular flexibility index (Phi) is 7.50. The summed E-state index contributed by atoms with van der Waals surface area (Å²) < 4.78 is 7.14. The zero-order chi connectivity index (χ0) is 20.6. The van der Waals surface area contributed by atoms with Crippen LogP contribution < -0.4 is 5.32 Å². The minimum Gasteiger partial charge on any atom is -0.462 e. The Morgan fingerprint density at radius 2 is 1.72 bits per heavy atom. The third-order valence-corrected chi connectivity index (χ3v) is 5.70. The number of amides is 1. The van der Waals surface area contributed by atoms with Crippen LogP contribution in [-0.4, -0.2) is 29.1 Å². The fraction of sp³-hybridized carbons (Fsp3) is 0.500. The second kappa shape index (κ2) is 10.3. The average molecular weight is 397 g/mol. The van der Waals surface area contributed by atoms with E-state index in [4.69, 9.17) is 4.74 Å². The first-order chi connectivity index (χ1) is 14.1. The molecule has 3 rings (SSSR count). The van der Waals surface area contributed by atoms with E-state index in [1.807, 2.05) is 47.9 Å². The molecular formula is C24H32N2O3. The zero-order valence-corrected chi connectivity index (χ0v) is 17.6. The number of nitrogens with one attached hydrogen (secondary N) is 1. The molecule has 0 spiro atoms. The maximum absolute atomic E-state index is 12.9. The monoisotopic (exact) mass is 396 g/mol. The molecule has 0 atom stereocenters. The molecule has 29 heavy (non-hydrogen) atoms. The van der Waals surface area contributed by atoms with Crippen LogP contribution in [0, 0.1) is 6.92 Å². The predicted octanol–water partition coefficient (Wildman–Crippen LogP) is 4.87. The number of hydrogen-bond acceptors (Lipinski definition) is 3. The highest BCUT2D eigenvalue weighted by atomic mass is 16.5. The molecule has 0 unspecified atom stereocenters. The largest absolute Gasteiger partial charge is 0.462 e. The van der Waals surface area contributed by atoms with E-state index in [9.17, 15) is 9.59 Å². The molecule has 0 saturated heterocycles. The Labute approximate surface area is 173 Å². The van der Waals surface area contributed by atoms with Crippen molar-refractivity contribution in [3.63, 3.8) is 0 Å². The van der Waals surface area contributed by atoms with Crippen LogP contribution in [0.2, 0.25) is 0 Å². The molecular weight excluding hydrogens is 364 g/mol. The Bertz CT molecular complexity index is 818. The highest BCUT2D eigenvalue weighted by Crippen LogP contribution is 2.26. The van der Waals surface area contributed by atoms with Gasteiger partial charge in [-0.05, 0) is 38.3 Å². The third kappa shape index (κ3) is 5.49. The number of aromatic nitrogens is 1. The topological polar surface area (TPSA) is 60.3 Å². The molecule has 1 amide bonds. The van der Waals surface area contributed by atoms with Crippen molar-refractivity contribution in [3.05, 3.63) is 47.7 Å². The smallest absolute Gasteiger partial charge is 0.339 e. The second-order valence-corrected chi connectivity index (χ2v) is 7.81. The minimum atomic E-state index is -0.346. The lowest BCUT2D eigenvalue weighted by atomic mass is 9.97. The van der Waals surface area contributed by atoms with Crippen molar-refractivity contribution >= 4 is 11.9 Å².